The van der Waals surface area contributed by atoms with Crippen LogP contribution in [0.4, 0.5) is 5.82 Å². The average Bonchev–Trinajstić information content (AvgIpc) is 3.10. The van der Waals surface area contributed by atoms with E-state index in [2.05, 4.69) is 19.2 Å². The van der Waals surface area contributed by atoms with E-state index in [4.69, 9.17) is 15.6 Å². The fourth-order valence-electron chi connectivity index (χ4n) is 2.67. The molecular weight excluding hydrogens is 416 g/mol. The van der Waals surface area contributed by atoms with E-state index in [0.717, 1.165) is 0 Å². The molecule has 28 heavy (non-hydrogen) atoms. The van der Waals surface area contributed by atoms with Crippen LogP contribution in [0.5, 0.6) is 0 Å². The van der Waals surface area contributed by atoms with Crippen molar-refractivity contribution in [1.29, 1.82) is 0 Å². The molecule has 1 saturated heterocycles. The molecule has 7 N–H and O–H groups in total. The molecule has 1 aliphatic rings. The number of hydrogen-bond donors (Lipinski definition) is 5. The topological polar surface area (TPSA) is 209 Å². The molecule has 0 bridgehead atoms. The largest absolute Gasteiger partial charge is 0.393 e. The molecule has 3 heterocycles. The van der Waals surface area contributed by atoms with E-state index in [9.17, 15) is 23.7 Å². The Morgan fingerprint density at radius 2 is 2.11 bits per heavy atom. The minimum absolute atomic E-state index is 0.145. The number of nitrogens with two attached hydrogens (primary N) is 2. The maximum atomic E-state index is 11.0. The zero-order valence-corrected chi connectivity index (χ0v) is 16.2. The summed E-state index contributed by atoms with van der Waals surface area (Å²) < 4.78 is 33.1. The van der Waals surface area contributed by atoms with Crippen LogP contribution >= 0.6 is 11.8 Å². The summed E-state index contributed by atoms with van der Waals surface area (Å²) in [5.41, 5.74) is 6.17. The molecule has 2 aromatic rings. The Morgan fingerprint density at radius 3 is 2.75 bits per heavy atom. The van der Waals surface area contributed by atoms with Crippen molar-refractivity contribution in [2.24, 2.45) is 5.14 Å². The standard InChI is InChI=1S/C13H20N6O7S2/c1-5(20)3-27-12-7-10(14)16-4-17-11(7)19(18-12)13-9(22)8(21)6(26-13)2-25-28(15,23)24/h4-6,8-9,13,20-22H,2-3H2,1H3,(H2,14,16,17)(H2,15,23,24)/t5-,6-,8-,9-,13-/m1/s1. The lowest BCUT2D eigenvalue weighted by atomic mass is 10.1. The van der Waals surface area contributed by atoms with E-state index in [-0.39, 0.29) is 11.5 Å². The Labute approximate surface area is 163 Å². The molecule has 2 aromatic heterocycles. The maximum absolute atomic E-state index is 11.0. The molecule has 1 aliphatic heterocycles. The fourth-order valence-corrected chi connectivity index (χ4v) is 3.88. The zero-order valence-electron chi connectivity index (χ0n) is 14.6. The van der Waals surface area contributed by atoms with Crippen molar-refractivity contribution in [2.75, 3.05) is 18.1 Å². The van der Waals surface area contributed by atoms with Gasteiger partial charge in [-0.1, -0.05) is 0 Å². The second kappa shape index (κ2) is 8.03. The van der Waals surface area contributed by atoms with Crippen LogP contribution in [0.15, 0.2) is 11.4 Å². The number of anilines is 1. The molecule has 156 valence electrons. The monoisotopic (exact) mass is 436 g/mol. The first kappa shape index (κ1) is 21.1. The summed E-state index contributed by atoms with van der Waals surface area (Å²) >= 11 is 1.21. The number of thioether (sulfide) groups is 1. The molecule has 0 saturated carbocycles. The Hall–Kier alpha value is -1.59. The molecule has 0 amide bonds. The van der Waals surface area contributed by atoms with Crippen LogP contribution in [0.3, 0.4) is 0 Å². The molecule has 1 fully saturated rings. The normalized spacial score (nSPS) is 26.8. The number of fused-ring (bicyclic) bond motifs is 1. The molecule has 0 aliphatic carbocycles. The van der Waals surface area contributed by atoms with Crippen LogP contribution in [-0.2, 0) is 19.2 Å². The molecule has 3 rings (SSSR count). The Morgan fingerprint density at radius 1 is 1.39 bits per heavy atom. The minimum atomic E-state index is -4.25. The summed E-state index contributed by atoms with van der Waals surface area (Å²) in [7, 11) is -4.25. The summed E-state index contributed by atoms with van der Waals surface area (Å²) in [6.45, 7) is 1.02. The van der Waals surface area contributed by atoms with Gasteiger partial charge in [0.15, 0.2) is 11.9 Å². The third-order valence-corrected chi connectivity index (χ3v) is 5.59. The number of nitrogen functional groups attached to an aromatic ring is 1. The second-order valence-corrected chi connectivity index (χ2v) is 8.42. The van der Waals surface area contributed by atoms with Gasteiger partial charge in [-0.05, 0) is 6.92 Å². The third-order valence-electron chi connectivity index (χ3n) is 3.92. The van der Waals surface area contributed by atoms with Gasteiger partial charge in [0.05, 0.1) is 18.1 Å². The number of aliphatic hydroxyl groups excluding tert-OH is 3. The Kier molecular flexibility index (Phi) is 6.06. The molecule has 13 nitrogen and oxygen atoms in total. The van der Waals surface area contributed by atoms with Crippen LogP contribution in [0.1, 0.15) is 13.2 Å². The maximum Gasteiger partial charge on any atom is 0.333 e. The molecule has 0 unspecified atom stereocenters. The van der Waals surface area contributed by atoms with Crippen LogP contribution in [-0.4, -0.2) is 80.3 Å². The molecule has 15 heteroatoms. The first-order valence-electron chi connectivity index (χ1n) is 8.06. The van der Waals surface area contributed by atoms with Crippen molar-refractivity contribution >= 4 is 38.9 Å². The first-order chi connectivity index (χ1) is 13.1. The Bertz CT molecular complexity index is 952. The summed E-state index contributed by atoms with van der Waals surface area (Å²) in [5, 5.41) is 40.0. The van der Waals surface area contributed by atoms with Gasteiger partial charge in [-0.25, -0.2) is 19.8 Å². The predicted molar refractivity (Wildman–Crippen MR) is 97.1 cm³/mol. The van der Waals surface area contributed by atoms with E-state index >= 15 is 0 Å². The molecule has 0 spiro atoms. The number of aliphatic hydroxyl groups is 3. The van der Waals surface area contributed by atoms with Gasteiger partial charge in [-0.3, -0.25) is 4.18 Å². The zero-order chi connectivity index (χ0) is 20.6. The van der Waals surface area contributed by atoms with Crippen LogP contribution in [0, 0.1) is 0 Å². The van der Waals surface area contributed by atoms with Crippen molar-refractivity contribution in [3.63, 3.8) is 0 Å². The number of nitrogens with zero attached hydrogens (tertiary/aromatic N) is 4. The van der Waals surface area contributed by atoms with Gasteiger partial charge in [0, 0.05) is 5.75 Å². The van der Waals surface area contributed by atoms with Gasteiger partial charge >= 0.3 is 10.3 Å². The Balaban J connectivity index is 1.93. The van der Waals surface area contributed by atoms with Gasteiger partial charge in [0.1, 0.15) is 35.5 Å². The summed E-state index contributed by atoms with van der Waals surface area (Å²) in [6, 6.07) is 0. The number of ether oxygens (including phenoxy) is 1. The van der Waals surface area contributed by atoms with Gasteiger partial charge < -0.3 is 25.8 Å². The van der Waals surface area contributed by atoms with Crippen molar-refractivity contribution < 1.29 is 32.7 Å². The lowest BCUT2D eigenvalue weighted by molar-refractivity contribution is -0.0531. The van der Waals surface area contributed by atoms with Crippen molar-refractivity contribution in [2.45, 2.75) is 42.6 Å². The van der Waals surface area contributed by atoms with Crippen molar-refractivity contribution in [1.82, 2.24) is 19.7 Å². The number of aromatic nitrogens is 4. The van der Waals surface area contributed by atoms with Gasteiger partial charge in [0.25, 0.3) is 0 Å². The summed E-state index contributed by atoms with van der Waals surface area (Å²) in [6.07, 6.45) is -4.68. The summed E-state index contributed by atoms with van der Waals surface area (Å²) in [4.78, 5) is 8.04. The SMILES string of the molecule is C[C@@H](O)CSc1nn([C@@H]2O[C@H](COS(N)(=O)=O)[C@@H](O)[C@H]2O)c2ncnc(N)c12. The predicted octanol–water partition coefficient (Wildman–Crippen LogP) is -2.28. The summed E-state index contributed by atoms with van der Waals surface area (Å²) in [5.74, 6) is 0.466. The minimum Gasteiger partial charge on any atom is -0.393 e. The van der Waals surface area contributed by atoms with Gasteiger partial charge in [-0.2, -0.15) is 13.5 Å². The fraction of sp³-hybridized carbons (Fsp3) is 0.615. The molecular formula is C13H20N6O7S2. The first-order valence-corrected chi connectivity index (χ1v) is 10.5. The third kappa shape index (κ3) is 4.36. The highest BCUT2D eigenvalue weighted by Crippen LogP contribution is 2.36. The quantitative estimate of drug-likeness (QED) is 0.291. The van der Waals surface area contributed by atoms with Crippen LogP contribution in [0.25, 0.3) is 11.0 Å². The van der Waals surface area contributed by atoms with E-state index < -0.39 is 47.6 Å². The van der Waals surface area contributed by atoms with E-state index in [1.165, 1.54) is 22.8 Å². The number of rotatable bonds is 7. The van der Waals surface area contributed by atoms with E-state index in [1.807, 2.05) is 0 Å². The van der Waals surface area contributed by atoms with Crippen LogP contribution in [0.2, 0.25) is 0 Å². The van der Waals surface area contributed by atoms with Crippen molar-refractivity contribution in [3.8, 4) is 0 Å². The van der Waals surface area contributed by atoms with Gasteiger partial charge in [0.2, 0.25) is 0 Å². The number of hydrogen-bond acceptors (Lipinski definition) is 12. The lowest BCUT2D eigenvalue weighted by Gasteiger charge is -2.15. The van der Waals surface area contributed by atoms with E-state index in [1.54, 1.807) is 6.92 Å². The average molecular weight is 436 g/mol. The smallest absolute Gasteiger partial charge is 0.333 e. The molecule has 0 aromatic carbocycles. The van der Waals surface area contributed by atoms with Crippen molar-refractivity contribution in [3.05, 3.63) is 6.33 Å². The highest BCUT2D eigenvalue weighted by atomic mass is 32.2. The van der Waals surface area contributed by atoms with Crippen LogP contribution < -0.4 is 10.9 Å². The second-order valence-electron chi connectivity index (χ2n) is 6.19. The van der Waals surface area contributed by atoms with E-state index in [0.29, 0.717) is 16.2 Å². The lowest BCUT2D eigenvalue weighted by Crippen LogP contribution is -2.35. The highest BCUT2D eigenvalue weighted by Gasteiger charge is 2.45. The highest BCUT2D eigenvalue weighted by molar-refractivity contribution is 7.99. The van der Waals surface area contributed by atoms with Gasteiger partial charge in [-0.15, -0.1) is 11.8 Å². The molecule has 0 radical (unpaired) electrons. The molecule has 5 atom stereocenters.